The third-order valence-corrected chi connectivity index (χ3v) is 4.85. The minimum atomic E-state index is -1.41. The Bertz CT molecular complexity index is 1260. The molecule has 32 heavy (non-hydrogen) atoms. The SMILES string of the molecule is O=C([O-])c1ccc(-c2ccccc2)cc1NC(=O)c1cccc(-c2cccnc2)c1O.[Na+]. The summed E-state index contributed by atoms with van der Waals surface area (Å²) < 4.78 is 0. The number of hydrogen-bond donors (Lipinski definition) is 2. The van der Waals surface area contributed by atoms with Gasteiger partial charge in [0.1, 0.15) is 5.75 Å². The van der Waals surface area contributed by atoms with E-state index in [1.165, 1.54) is 12.1 Å². The van der Waals surface area contributed by atoms with Gasteiger partial charge in [-0.3, -0.25) is 9.78 Å². The van der Waals surface area contributed by atoms with Gasteiger partial charge >= 0.3 is 29.6 Å². The fourth-order valence-corrected chi connectivity index (χ4v) is 3.31. The maximum absolute atomic E-state index is 12.9. The molecule has 0 atom stereocenters. The van der Waals surface area contributed by atoms with Crippen molar-refractivity contribution >= 4 is 17.6 Å². The van der Waals surface area contributed by atoms with Gasteiger partial charge in [0.2, 0.25) is 0 Å². The molecule has 0 saturated carbocycles. The number of carbonyl (C=O) groups excluding carboxylic acids is 2. The van der Waals surface area contributed by atoms with Crippen molar-refractivity contribution in [3.05, 3.63) is 102 Å². The largest absolute Gasteiger partial charge is 1.00 e. The number of pyridine rings is 1. The van der Waals surface area contributed by atoms with Crippen LogP contribution in [0.1, 0.15) is 20.7 Å². The molecule has 0 bridgehead atoms. The number of phenols is 1. The van der Waals surface area contributed by atoms with Crippen LogP contribution in [0.3, 0.4) is 0 Å². The normalized spacial score (nSPS) is 10.1. The average molecular weight is 432 g/mol. The molecule has 7 heteroatoms. The predicted molar refractivity (Wildman–Crippen MR) is 115 cm³/mol. The van der Waals surface area contributed by atoms with Gasteiger partial charge in [-0.15, -0.1) is 0 Å². The molecule has 0 saturated heterocycles. The molecule has 0 aliphatic rings. The Morgan fingerprint density at radius 3 is 2.25 bits per heavy atom. The van der Waals surface area contributed by atoms with Gasteiger partial charge in [-0.05, 0) is 29.3 Å². The standard InChI is InChI=1S/C25H18N2O4.Na/c28-23-19(18-8-5-13-26-15-18)9-4-10-21(23)24(29)27-22-14-17(11-12-20(22)25(30)31)16-6-2-1-3-7-16;/h1-15,28H,(H,27,29)(H,30,31);/q;+1/p-1. The minimum absolute atomic E-state index is 0. The number of amides is 1. The summed E-state index contributed by atoms with van der Waals surface area (Å²) in [5, 5.41) is 24.9. The molecule has 152 valence electrons. The molecule has 2 N–H and O–H groups in total. The molecule has 3 aromatic carbocycles. The van der Waals surface area contributed by atoms with E-state index in [4.69, 9.17) is 0 Å². The Morgan fingerprint density at radius 1 is 0.812 bits per heavy atom. The van der Waals surface area contributed by atoms with Crippen LogP contribution < -0.4 is 40.0 Å². The number of carboxylic acids is 1. The number of nitrogens with one attached hydrogen (secondary N) is 1. The van der Waals surface area contributed by atoms with Gasteiger partial charge in [0.05, 0.1) is 17.2 Å². The summed E-state index contributed by atoms with van der Waals surface area (Å²) in [5.41, 5.74) is 2.62. The molecule has 1 amide bonds. The third-order valence-electron chi connectivity index (χ3n) is 4.85. The van der Waals surface area contributed by atoms with E-state index in [-0.39, 0.29) is 52.1 Å². The number of para-hydroxylation sites is 1. The van der Waals surface area contributed by atoms with E-state index in [1.807, 2.05) is 30.3 Å². The number of aromatic carboxylic acids is 1. The summed E-state index contributed by atoms with van der Waals surface area (Å²) in [6, 6.07) is 22.2. The second-order valence-electron chi connectivity index (χ2n) is 6.81. The van der Waals surface area contributed by atoms with Gasteiger partial charge in [0.15, 0.2) is 0 Å². The fraction of sp³-hybridized carbons (Fsp3) is 0. The van der Waals surface area contributed by atoms with Gasteiger partial charge in [-0.25, -0.2) is 0 Å². The van der Waals surface area contributed by atoms with Crippen LogP contribution in [0.4, 0.5) is 5.69 Å². The second kappa shape index (κ2) is 10.2. The van der Waals surface area contributed by atoms with Crippen LogP contribution in [0, 0.1) is 0 Å². The molecule has 4 rings (SSSR count). The Balaban J connectivity index is 0.00000289. The molecule has 0 spiro atoms. The molecule has 0 aliphatic heterocycles. The first-order chi connectivity index (χ1) is 15.0. The van der Waals surface area contributed by atoms with E-state index < -0.39 is 11.9 Å². The van der Waals surface area contributed by atoms with Crippen molar-refractivity contribution in [2.75, 3.05) is 5.32 Å². The number of aromatic hydroxyl groups is 1. The zero-order valence-electron chi connectivity index (χ0n) is 17.3. The van der Waals surface area contributed by atoms with E-state index in [0.717, 1.165) is 11.1 Å². The summed E-state index contributed by atoms with van der Waals surface area (Å²) in [6.07, 6.45) is 3.19. The molecule has 0 radical (unpaired) electrons. The number of rotatable bonds is 5. The second-order valence-corrected chi connectivity index (χ2v) is 6.81. The number of anilines is 1. The Morgan fingerprint density at radius 2 is 1.56 bits per heavy atom. The number of hydrogen-bond acceptors (Lipinski definition) is 5. The van der Waals surface area contributed by atoms with Crippen LogP contribution in [-0.2, 0) is 0 Å². The first-order valence-electron chi connectivity index (χ1n) is 9.49. The van der Waals surface area contributed by atoms with Crippen molar-refractivity contribution in [1.29, 1.82) is 0 Å². The van der Waals surface area contributed by atoms with Gasteiger partial charge in [0, 0.05) is 29.1 Å². The zero-order valence-corrected chi connectivity index (χ0v) is 19.3. The first kappa shape index (κ1) is 23.2. The van der Waals surface area contributed by atoms with Crippen molar-refractivity contribution in [2.24, 2.45) is 0 Å². The summed E-state index contributed by atoms with van der Waals surface area (Å²) in [5.74, 6) is -2.28. The molecule has 6 nitrogen and oxygen atoms in total. The monoisotopic (exact) mass is 432 g/mol. The zero-order chi connectivity index (χ0) is 21.8. The summed E-state index contributed by atoms with van der Waals surface area (Å²) in [4.78, 5) is 28.5. The van der Waals surface area contributed by atoms with Gasteiger partial charge < -0.3 is 20.3 Å². The average Bonchev–Trinajstić information content (AvgIpc) is 2.80. The number of carbonyl (C=O) groups is 2. The van der Waals surface area contributed by atoms with E-state index in [1.54, 1.807) is 48.8 Å². The molecule has 0 unspecified atom stereocenters. The van der Waals surface area contributed by atoms with Crippen LogP contribution in [-0.4, -0.2) is 22.0 Å². The van der Waals surface area contributed by atoms with Crippen LogP contribution in [0.25, 0.3) is 22.3 Å². The van der Waals surface area contributed by atoms with Gasteiger partial charge in [-0.2, -0.15) is 0 Å². The Labute approximate surface area is 206 Å². The van der Waals surface area contributed by atoms with Gasteiger partial charge in [0.25, 0.3) is 5.91 Å². The molecule has 0 fully saturated rings. The summed E-state index contributed by atoms with van der Waals surface area (Å²) in [7, 11) is 0. The number of aromatic nitrogens is 1. The van der Waals surface area contributed by atoms with E-state index in [9.17, 15) is 19.8 Å². The molecular formula is C25H17N2NaO4. The molecular weight excluding hydrogens is 415 g/mol. The van der Waals surface area contributed by atoms with Crippen molar-refractivity contribution in [3.63, 3.8) is 0 Å². The fourth-order valence-electron chi connectivity index (χ4n) is 3.31. The molecule has 1 heterocycles. The van der Waals surface area contributed by atoms with Gasteiger partial charge in [-0.1, -0.05) is 60.7 Å². The smallest absolute Gasteiger partial charge is 0.545 e. The summed E-state index contributed by atoms with van der Waals surface area (Å²) >= 11 is 0. The Hall–Kier alpha value is -3.45. The molecule has 0 aliphatic carbocycles. The Kier molecular flexibility index (Phi) is 7.43. The predicted octanol–water partition coefficient (Wildman–Crippen LogP) is 0.741. The van der Waals surface area contributed by atoms with Crippen LogP contribution in [0.2, 0.25) is 0 Å². The van der Waals surface area contributed by atoms with E-state index in [2.05, 4.69) is 10.3 Å². The van der Waals surface area contributed by atoms with Crippen molar-refractivity contribution in [1.82, 2.24) is 4.98 Å². The number of carboxylic acid groups (broad SMARTS) is 1. The minimum Gasteiger partial charge on any atom is -0.545 e. The topological polar surface area (TPSA) is 102 Å². The number of benzene rings is 3. The quantitative estimate of drug-likeness (QED) is 0.453. The van der Waals surface area contributed by atoms with Crippen LogP contribution >= 0.6 is 0 Å². The number of phenolic OH excluding ortho intramolecular Hbond substituents is 1. The summed E-state index contributed by atoms with van der Waals surface area (Å²) in [6.45, 7) is 0. The first-order valence-corrected chi connectivity index (χ1v) is 9.49. The number of nitrogens with zero attached hydrogens (tertiary/aromatic N) is 1. The molecule has 1 aromatic heterocycles. The van der Waals surface area contributed by atoms with Crippen molar-refractivity contribution in [3.8, 4) is 28.0 Å². The van der Waals surface area contributed by atoms with Crippen LogP contribution in [0.15, 0.2) is 91.3 Å². The van der Waals surface area contributed by atoms with Crippen molar-refractivity contribution in [2.45, 2.75) is 0 Å². The van der Waals surface area contributed by atoms with Crippen LogP contribution in [0.5, 0.6) is 5.75 Å². The third kappa shape index (κ3) is 4.89. The van der Waals surface area contributed by atoms with Crippen molar-refractivity contribution < 1.29 is 49.4 Å². The maximum Gasteiger partial charge on any atom is 1.00 e. The van der Waals surface area contributed by atoms with E-state index >= 15 is 0 Å². The molecule has 4 aromatic rings. The van der Waals surface area contributed by atoms with E-state index in [0.29, 0.717) is 11.1 Å². The maximum atomic E-state index is 12.9.